The van der Waals surface area contributed by atoms with Crippen LogP contribution < -0.4 is 5.32 Å². The first-order chi connectivity index (χ1) is 8.86. The Labute approximate surface area is 117 Å². The quantitative estimate of drug-likeness (QED) is 0.814. The molecule has 0 aliphatic heterocycles. The Kier molecular flexibility index (Phi) is 5.18. The fourth-order valence-corrected chi connectivity index (χ4v) is 2.12. The van der Waals surface area contributed by atoms with E-state index < -0.39 is 0 Å². The summed E-state index contributed by atoms with van der Waals surface area (Å²) in [6.07, 6.45) is 4.28. The second kappa shape index (κ2) is 7.14. The summed E-state index contributed by atoms with van der Waals surface area (Å²) in [5, 5.41) is 3.40. The first kappa shape index (κ1) is 13.1. The lowest BCUT2D eigenvalue weighted by Crippen LogP contribution is -2.12. The van der Waals surface area contributed by atoms with E-state index in [9.17, 15) is 0 Å². The molecule has 2 heteroatoms. The van der Waals surface area contributed by atoms with Gasteiger partial charge in [0.25, 0.3) is 0 Å². The number of halogens is 1. The SMILES string of the molecule is Brc1ccccc1CNCC=Cc1ccccc1. The van der Waals surface area contributed by atoms with Crippen molar-refractivity contribution >= 4 is 22.0 Å². The van der Waals surface area contributed by atoms with Crippen molar-refractivity contribution in [2.75, 3.05) is 6.54 Å². The molecule has 0 aliphatic carbocycles. The Morgan fingerprint density at radius 2 is 1.67 bits per heavy atom. The van der Waals surface area contributed by atoms with Crippen molar-refractivity contribution in [1.82, 2.24) is 5.32 Å². The molecule has 0 atom stereocenters. The maximum absolute atomic E-state index is 3.54. The molecule has 0 bridgehead atoms. The Bertz CT molecular complexity index is 506. The average Bonchev–Trinajstić information content (AvgIpc) is 2.42. The maximum atomic E-state index is 3.54. The van der Waals surface area contributed by atoms with Crippen LogP contribution in [0.4, 0.5) is 0 Å². The van der Waals surface area contributed by atoms with Gasteiger partial charge in [0.05, 0.1) is 0 Å². The van der Waals surface area contributed by atoms with Crippen LogP contribution in [-0.2, 0) is 6.54 Å². The van der Waals surface area contributed by atoms with Gasteiger partial charge in [-0.1, -0.05) is 76.6 Å². The van der Waals surface area contributed by atoms with Gasteiger partial charge in [0.2, 0.25) is 0 Å². The fourth-order valence-electron chi connectivity index (χ4n) is 1.69. The molecule has 0 aliphatic rings. The summed E-state index contributed by atoms with van der Waals surface area (Å²) in [7, 11) is 0. The van der Waals surface area contributed by atoms with Crippen LogP contribution >= 0.6 is 15.9 Å². The van der Waals surface area contributed by atoms with Gasteiger partial charge in [-0.05, 0) is 17.2 Å². The van der Waals surface area contributed by atoms with Gasteiger partial charge in [0.15, 0.2) is 0 Å². The summed E-state index contributed by atoms with van der Waals surface area (Å²) in [6.45, 7) is 1.75. The highest BCUT2D eigenvalue weighted by Gasteiger charge is 1.95. The molecule has 0 heterocycles. The molecule has 1 N–H and O–H groups in total. The van der Waals surface area contributed by atoms with E-state index in [1.807, 2.05) is 24.3 Å². The van der Waals surface area contributed by atoms with E-state index in [1.54, 1.807) is 0 Å². The average molecular weight is 302 g/mol. The zero-order valence-electron chi connectivity index (χ0n) is 10.1. The molecule has 2 rings (SSSR count). The standard InChI is InChI=1S/C16H16BrN/c17-16-11-5-4-10-15(16)13-18-12-6-9-14-7-2-1-3-8-14/h1-11,18H,12-13H2. The van der Waals surface area contributed by atoms with Crippen LogP contribution in [-0.4, -0.2) is 6.54 Å². The summed E-state index contributed by atoms with van der Waals surface area (Å²) in [6, 6.07) is 18.6. The monoisotopic (exact) mass is 301 g/mol. The molecule has 0 saturated heterocycles. The van der Waals surface area contributed by atoms with Crippen molar-refractivity contribution < 1.29 is 0 Å². The Hall–Kier alpha value is -1.38. The Morgan fingerprint density at radius 3 is 2.44 bits per heavy atom. The first-order valence-electron chi connectivity index (χ1n) is 6.02. The minimum atomic E-state index is 0.871. The van der Waals surface area contributed by atoms with Crippen molar-refractivity contribution in [2.45, 2.75) is 6.54 Å². The van der Waals surface area contributed by atoms with Crippen LogP contribution in [0.15, 0.2) is 65.1 Å². The highest BCUT2D eigenvalue weighted by atomic mass is 79.9. The predicted molar refractivity (Wildman–Crippen MR) is 81.3 cm³/mol. The molecular weight excluding hydrogens is 286 g/mol. The molecule has 0 radical (unpaired) electrons. The third-order valence-electron chi connectivity index (χ3n) is 2.65. The molecule has 92 valence electrons. The summed E-state index contributed by atoms with van der Waals surface area (Å²) < 4.78 is 1.16. The van der Waals surface area contributed by atoms with Crippen molar-refractivity contribution in [3.05, 3.63) is 76.3 Å². The van der Waals surface area contributed by atoms with Crippen LogP contribution in [0, 0.1) is 0 Å². The number of nitrogens with one attached hydrogen (secondary N) is 1. The Balaban J connectivity index is 1.77. The molecule has 0 amide bonds. The van der Waals surface area contributed by atoms with E-state index in [1.165, 1.54) is 11.1 Å². The van der Waals surface area contributed by atoms with Gasteiger partial charge in [-0.2, -0.15) is 0 Å². The van der Waals surface area contributed by atoms with Crippen molar-refractivity contribution in [3.8, 4) is 0 Å². The molecule has 0 aromatic heterocycles. The van der Waals surface area contributed by atoms with Crippen LogP contribution in [0.3, 0.4) is 0 Å². The van der Waals surface area contributed by atoms with Gasteiger partial charge in [-0.25, -0.2) is 0 Å². The van der Waals surface area contributed by atoms with Crippen LogP contribution in [0.25, 0.3) is 6.08 Å². The number of hydrogen-bond acceptors (Lipinski definition) is 1. The Morgan fingerprint density at radius 1 is 0.944 bits per heavy atom. The lowest BCUT2D eigenvalue weighted by atomic mass is 10.2. The molecule has 2 aromatic carbocycles. The zero-order chi connectivity index (χ0) is 12.6. The lowest BCUT2D eigenvalue weighted by molar-refractivity contribution is 0.758. The smallest absolute Gasteiger partial charge is 0.0220 e. The molecule has 0 spiro atoms. The molecule has 0 fully saturated rings. The largest absolute Gasteiger partial charge is 0.309 e. The maximum Gasteiger partial charge on any atom is 0.0220 e. The van der Waals surface area contributed by atoms with Crippen molar-refractivity contribution in [2.24, 2.45) is 0 Å². The minimum Gasteiger partial charge on any atom is -0.309 e. The number of hydrogen-bond donors (Lipinski definition) is 1. The van der Waals surface area contributed by atoms with Gasteiger partial charge in [0, 0.05) is 17.6 Å². The third kappa shape index (κ3) is 4.13. The first-order valence-corrected chi connectivity index (χ1v) is 6.81. The zero-order valence-corrected chi connectivity index (χ0v) is 11.7. The van der Waals surface area contributed by atoms with Gasteiger partial charge >= 0.3 is 0 Å². The van der Waals surface area contributed by atoms with Gasteiger partial charge < -0.3 is 5.32 Å². The summed E-state index contributed by atoms with van der Waals surface area (Å²) in [5.74, 6) is 0. The van der Waals surface area contributed by atoms with Crippen molar-refractivity contribution in [3.63, 3.8) is 0 Å². The highest BCUT2D eigenvalue weighted by molar-refractivity contribution is 9.10. The summed E-state index contributed by atoms with van der Waals surface area (Å²) in [4.78, 5) is 0. The van der Waals surface area contributed by atoms with Gasteiger partial charge in [0.1, 0.15) is 0 Å². The van der Waals surface area contributed by atoms with Crippen LogP contribution in [0.2, 0.25) is 0 Å². The topological polar surface area (TPSA) is 12.0 Å². The molecule has 0 unspecified atom stereocenters. The second-order valence-corrected chi connectivity index (χ2v) is 4.89. The van der Waals surface area contributed by atoms with E-state index in [4.69, 9.17) is 0 Å². The van der Waals surface area contributed by atoms with Gasteiger partial charge in [-0.15, -0.1) is 0 Å². The summed E-state index contributed by atoms with van der Waals surface area (Å²) in [5.41, 5.74) is 2.52. The van der Waals surface area contributed by atoms with E-state index in [2.05, 4.69) is 63.7 Å². The van der Waals surface area contributed by atoms with Crippen LogP contribution in [0.1, 0.15) is 11.1 Å². The van der Waals surface area contributed by atoms with E-state index in [0.717, 1.165) is 17.6 Å². The number of rotatable bonds is 5. The molecule has 0 saturated carbocycles. The van der Waals surface area contributed by atoms with E-state index in [0.29, 0.717) is 0 Å². The van der Waals surface area contributed by atoms with E-state index in [-0.39, 0.29) is 0 Å². The molecule has 18 heavy (non-hydrogen) atoms. The highest BCUT2D eigenvalue weighted by Crippen LogP contribution is 2.15. The van der Waals surface area contributed by atoms with Gasteiger partial charge in [-0.3, -0.25) is 0 Å². The predicted octanol–water partition coefficient (Wildman–Crippen LogP) is 4.25. The lowest BCUT2D eigenvalue weighted by Gasteiger charge is -2.04. The second-order valence-electron chi connectivity index (χ2n) is 4.04. The molecule has 2 aromatic rings. The van der Waals surface area contributed by atoms with Crippen molar-refractivity contribution in [1.29, 1.82) is 0 Å². The van der Waals surface area contributed by atoms with Crippen LogP contribution in [0.5, 0.6) is 0 Å². The molecular formula is C16H16BrN. The molecule has 1 nitrogen and oxygen atoms in total. The fraction of sp³-hybridized carbons (Fsp3) is 0.125. The number of benzene rings is 2. The minimum absolute atomic E-state index is 0.871. The van der Waals surface area contributed by atoms with E-state index >= 15 is 0 Å². The summed E-state index contributed by atoms with van der Waals surface area (Å²) >= 11 is 3.54. The normalized spacial score (nSPS) is 10.9. The third-order valence-corrected chi connectivity index (χ3v) is 3.42.